The minimum absolute atomic E-state index is 0.436. The number of benzene rings is 1. The van der Waals surface area contributed by atoms with Gasteiger partial charge in [0.25, 0.3) is 0 Å². The fraction of sp³-hybridized carbons (Fsp3) is 0.538. The van der Waals surface area contributed by atoms with Crippen LogP contribution in [-0.2, 0) is 0 Å². The number of ether oxygens (including phenoxy) is 1. The summed E-state index contributed by atoms with van der Waals surface area (Å²) in [5.41, 5.74) is 4.18. The second kappa shape index (κ2) is 3.86. The Kier molecular flexibility index (Phi) is 2.70. The average Bonchev–Trinajstić information content (AvgIpc) is 2.23. The number of rotatable bonds is 1. The number of hydrogen-bond acceptors (Lipinski definition) is 2. The number of nitrogens with one attached hydrogen (secondary N) is 1. The van der Waals surface area contributed by atoms with Crippen molar-refractivity contribution in [1.29, 1.82) is 0 Å². The molecule has 2 heteroatoms. The first-order valence-corrected chi connectivity index (χ1v) is 5.56. The Morgan fingerprint density at radius 1 is 1.27 bits per heavy atom. The van der Waals surface area contributed by atoms with Crippen molar-refractivity contribution in [2.75, 3.05) is 13.7 Å². The summed E-state index contributed by atoms with van der Waals surface area (Å²) < 4.78 is 5.46. The van der Waals surface area contributed by atoms with Gasteiger partial charge in [-0.2, -0.15) is 0 Å². The molecule has 0 fully saturated rings. The molecule has 0 aliphatic carbocycles. The summed E-state index contributed by atoms with van der Waals surface area (Å²) in [5, 5.41) is 3.52. The molecule has 1 aliphatic heterocycles. The third-order valence-corrected chi connectivity index (χ3v) is 3.34. The van der Waals surface area contributed by atoms with Crippen molar-refractivity contribution in [3.8, 4) is 5.75 Å². The molecule has 0 amide bonds. The van der Waals surface area contributed by atoms with Gasteiger partial charge in [-0.05, 0) is 37.0 Å². The van der Waals surface area contributed by atoms with E-state index in [2.05, 4.69) is 38.2 Å². The third kappa shape index (κ3) is 1.63. The SMILES string of the molecule is COc1ccc(C)c2c1C(C)CNC2C. The van der Waals surface area contributed by atoms with E-state index in [1.54, 1.807) is 7.11 Å². The second-order valence-electron chi connectivity index (χ2n) is 4.44. The van der Waals surface area contributed by atoms with E-state index in [0.29, 0.717) is 12.0 Å². The van der Waals surface area contributed by atoms with E-state index in [4.69, 9.17) is 4.74 Å². The molecule has 2 nitrogen and oxygen atoms in total. The lowest BCUT2D eigenvalue weighted by Crippen LogP contribution is -2.31. The van der Waals surface area contributed by atoms with Crippen LogP contribution in [0.5, 0.6) is 5.75 Å². The van der Waals surface area contributed by atoms with E-state index in [-0.39, 0.29) is 0 Å². The van der Waals surface area contributed by atoms with E-state index in [1.807, 2.05) is 0 Å². The van der Waals surface area contributed by atoms with Crippen LogP contribution in [-0.4, -0.2) is 13.7 Å². The predicted molar refractivity (Wildman–Crippen MR) is 62.6 cm³/mol. The topological polar surface area (TPSA) is 21.3 Å². The largest absolute Gasteiger partial charge is 0.496 e. The Labute approximate surface area is 91.6 Å². The predicted octanol–water partition coefficient (Wildman–Crippen LogP) is 2.77. The van der Waals surface area contributed by atoms with Gasteiger partial charge >= 0.3 is 0 Å². The molecule has 0 spiro atoms. The van der Waals surface area contributed by atoms with E-state index in [1.165, 1.54) is 16.7 Å². The van der Waals surface area contributed by atoms with Gasteiger partial charge in [0, 0.05) is 18.2 Å². The first-order valence-electron chi connectivity index (χ1n) is 5.56. The maximum Gasteiger partial charge on any atom is 0.122 e. The van der Waals surface area contributed by atoms with Crippen LogP contribution in [0, 0.1) is 6.92 Å². The molecule has 1 aliphatic rings. The molecule has 0 saturated carbocycles. The maximum atomic E-state index is 5.46. The van der Waals surface area contributed by atoms with E-state index >= 15 is 0 Å². The summed E-state index contributed by atoms with van der Waals surface area (Å²) >= 11 is 0. The van der Waals surface area contributed by atoms with Gasteiger partial charge in [-0.25, -0.2) is 0 Å². The van der Waals surface area contributed by atoms with Crippen molar-refractivity contribution in [3.05, 3.63) is 28.8 Å². The number of methoxy groups -OCH3 is 1. The molecule has 82 valence electrons. The molecule has 0 radical (unpaired) electrons. The lowest BCUT2D eigenvalue weighted by Gasteiger charge is -2.31. The normalized spacial score (nSPS) is 24.8. The van der Waals surface area contributed by atoms with Crippen LogP contribution in [0.4, 0.5) is 0 Å². The van der Waals surface area contributed by atoms with Crippen molar-refractivity contribution >= 4 is 0 Å². The molecule has 1 aromatic rings. The molecular formula is C13H19NO. The molecule has 0 aromatic heterocycles. The molecule has 2 unspecified atom stereocenters. The van der Waals surface area contributed by atoms with Gasteiger partial charge < -0.3 is 10.1 Å². The summed E-state index contributed by atoms with van der Waals surface area (Å²) in [6.45, 7) is 7.68. The van der Waals surface area contributed by atoms with Crippen molar-refractivity contribution in [3.63, 3.8) is 0 Å². The Morgan fingerprint density at radius 2 is 2.00 bits per heavy atom. The molecule has 1 heterocycles. The summed E-state index contributed by atoms with van der Waals surface area (Å²) in [7, 11) is 1.75. The molecule has 0 saturated heterocycles. The molecule has 1 aromatic carbocycles. The number of hydrogen-bond donors (Lipinski definition) is 1. The van der Waals surface area contributed by atoms with Crippen LogP contribution >= 0.6 is 0 Å². The van der Waals surface area contributed by atoms with Crippen molar-refractivity contribution in [2.24, 2.45) is 0 Å². The van der Waals surface area contributed by atoms with Gasteiger partial charge in [-0.3, -0.25) is 0 Å². The van der Waals surface area contributed by atoms with Gasteiger partial charge in [0.15, 0.2) is 0 Å². The third-order valence-electron chi connectivity index (χ3n) is 3.34. The standard InChI is InChI=1S/C13H19NO/c1-8-5-6-11(15-4)13-9(2)7-14-10(3)12(8)13/h5-6,9-10,14H,7H2,1-4H3. The summed E-state index contributed by atoms with van der Waals surface area (Å²) in [4.78, 5) is 0. The highest BCUT2D eigenvalue weighted by atomic mass is 16.5. The molecule has 1 N–H and O–H groups in total. The zero-order valence-corrected chi connectivity index (χ0v) is 9.92. The first-order chi connectivity index (χ1) is 7.15. The summed E-state index contributed by atoms with van der Waals surface area (Å²) in [5.74, 6) is 1.57. The Morgan fingerprint density at radius 3 is 2.67 bits per heavy atom. The molecule has 2 rings (SSSR count). The fourth-order valence-electron chi connectivity index (χ4n) is 2.54. The van der Waals surface area contributed by atoms with Gasteiger partial charge in [0.2, 0.25) is 0 Å². The minimum atomic E-state index is 0.436. The summed E-state index contributed by atoms with van der Waals surface area (Å²) in [6, 6.07) is 4.67. The summed E-state index contributed by atoms with van der Waals surface area (Å²) in [6.07, 6.45) is 0. The van der Waals surface area contributed by atoms with Gasteiger partial charge in [0.05, 0.1) is 7.11 Å². The highest BCUT2D eigenvalue weighted by Gasteiger charge is 2.25. The van der Waals surface area contributed by atoms with Gasteiger partial charge in [-0.15, -0.1) is 0 Å². The maximum absolute atomic E-state index is 5.46. The second-order valence-corrected chi connectivity index (χ2v) is 4.44. The number of fused-ring (bicyclic) bond motifs is 1. The van der Waals surface area contributed by atoms with Crippen molar-refractivity contribution in [2.45, 2.75) is 32.7 Å². The molecule has 2 atom stereocenters. The highest BCUT2D eigenvalue weighted by molar-refractivity contribution is 5.49. The average molecular weight is 205 g/mol. The monoisotopic (exact) mass is 205 g/mol. The quantitative estimate of drug-likeness (QED) is 0.761. The highest BCUT2D eigenvalue weighted by Crippen LogP contribution is 2.38. The number of aryl methyl sites for hydroxylation is 1. The van der Waals surface area contributed by atoms with Gasteiger partial charge in [0.1, 0.15) is 5.75 Å². The fourth-order valence-corrected chi connectivity index (χ4v) is 2.54. The van der Waals surface area contributed by atoms with E-state index in [0.717, 1.165) is 12.3 Å². The van der Waals surface area contributed by atoms with Crippen LogP contribution < -0.4 is 10.1 Å². The Hall–Kier alpha value is -1.02. The smallest absolute Gasteiger partial charge is 0.122 e. The van der Waals surface area contributed by atoms with E-state index in [9.17, 15) is 0 Å². The van der Waals surface area contributed by atoms with Crippen LogP contribution in [0.2, 0.25) is 0 Å². The first kappa shape index (κ1) is 10.5. The van der Waals surface area contributed by atoms with Crippen LogP contribution in [0.25, 0.3) is 0 Å². The molecule has 0 bridgehead atoms. The molecular weight excluding hydrogens is 186 g/mol. The van der Waals surface area contributed by atoms with Crippen molar-refractivity contribution < 1.29 is 4.74 Å². The lowest BCUT2D eigenvalue weighted by molar-refractivity contribution is 0.393. The van der Waals surface area contributed by atoms with Crippen LogP contribution in [0.15, 0.2) is 12.1 Å². The Balaban J connectivity index is 2.63. The van der Waals surface area contributed by atoms with Crippen LogP contribution in [0.1, 0.15) is 42.5 Å². The van der Waals surface area contributed by atoms with Gasteiger partial charge in [-0.1, -0.05) is 13.0 Å². The minimum Gasteiger partial charge on any atom is -0.496 e. The van der Waals surface area contributed by atoms with E-state index < -0.39 is 0 Å². The zero-order chi connectivity index (χ0) is 11.0. The zero-order valence-electron chi connectivity index (χ0n) is 9.92. The van der Waals surface area contributed by atoms with Crippen molar-refractivity contribution in [1.82, 2.24) is 5.32 Å². The molecule has 15 heavy (non-hydrogen) atoms. The lowest BCUT2D eigenvalue weighted by atomic mass is 9.85. The van der Waals surface area contributed by atoms with Crippen LogP contribution in [0.3, 0.4) is 0 Å². The Bertz CT molecular complexity index is 373.